The van der Waals surface area contributed by atoms with E-state index in [9.17, 15) is 0 Å². The van der Waals surface area contributed by atoms with Crippen LogP contribution in [0.1, 0.15) is 30.2 Å². The van der Waals surface area contributed by atoms with Gasteiger partial charge in [0, 0.05) is 16.9 Å². The zero-order chi connectivity index (χ0) is 11.2. The number of fused-ring (bicyclic) bond motifs is 1. The molecule has 0 spiro atoms. The largest absolute Gasteiger partial charge is 0.234 e. The summed E-state index contributed by atoms with van der Waals surface area (Å²) in [6, 6.07) is 2.06. The van der Waals surface area contributed by atoms with Crippen LogP contribution in [0.2, 0.25) is 0 Å². The summed E-state index contributed by atoms with van der Waals surface area (Å²) in [5.41, 5.74) is 1.10. The molecule has 0 unspecified atom stereocenters. The van der Waals surface area contributed by atoms with Crippen molar-refractivity contribution in [3.05, 3.63) is 21.8 Å². The first-order valence-electron chi connectivity index (χ1n) is 5.66. The van der Waals surface area contributed by atoms with Gasteiger partial charge in [-0.05, 0) is 24.3 Å². The Kier molecular flexibility index (Phi) is 2.07. The third-order valence-electron chi connectivity index (χ3n) is 3.24. The molecule has 17 heavy (non-hydrogen) atoms. The van der Waals surface area contributed by atoms with Crippen molar-refractivity contribution in [1.29, 1.82) is 0 Å². The van der Waals surface area contributed by atoms with Gasteiger partial charge in [-0.1, -0.05) is 17.8 Å². The quantitative estimate of drug-likeness (QED) is 0.712. The maximum absolute atomic E-state index is 4.67. The molecule has 1 aliphatic rings. The van der Waals surface area contributed by atoms with Gasteiger partial charge in [0.1, 0.15) is 5.01 Å². The number of nitrogens with zero attached hydrogens (tertiary/aromatic N) is 4. The first kappa shape index (κ1) is 9.73. The molecule has 0 aromatic carbocycles. The lowest BCUT2D eigenvalue weighted by Gasteiger charge is -2.21. The number of hydrogen-bond donors (Lipinski definition) is 0. The molecule has 0 bridgehead atoms. The third kappa shape index (κ3) is 1.44. The van der Waals surface area contributed by atoms with Crippen LogP contribution in [0.5, 0.6) is 0 Å². The van der Waals surface area contributed by atoms with Crippen molar-refractivity contribution in [3.8, 4) is 11.4 Å². The molecule has 0 atom stereocenters. The fourth-order valence-corrected chi connectivity index (χ4v) is 3.67. The highest BCUT2D eigenvalue weighted by Crippen LogP contribution is 2.38. The minimum absolute atomic E-state index is 0.664. The van der Waals surface area contributed by atoms with Crippen molar-refractivity contribution in [1.82, 2.24) is 19.8 Å². The fourth-order valence-electron chi connectivity index (χ4n) is 2.02. The first-order chi connectivity index (χ1) is 8.42. The van der Waals surface area contributed by atoms with Gasteiger partial charge in [0.15, 0.2) is 5.82 Å². The fraction of sp³-hybridized carbons (Fsp3) is 0.364. The van der Waals surface area contributed by atoms with Crippen molar-refractivity contribution >= 4 is 27.6 Å². The van der Waals surface area contributed by atoms with E-state index < -0.39 is 0 Å². The van der Waals surface area contributed by atoms with E-state index in [0.29, 0.717) is 5.92 Å². The van der Waals surface area contributed by atoms with Crippen LogP contribution in [0, 0.1) is 0 Å². The smallest absolute Gasteiger partial charge is 0.183 e. The Balaban J connectivity index is 1.85. The van der Waals surface area contributed by atoms with Gasteiger partial charge in [-0.3, -0.25) is 0 Å². The lowest BCUT2D eigenvalue weighted by molar-refractivity contribution is 0.415. The molecule has 4 rings (SSSR count). The van der Waals surface area contributed by atoms with Gasteiger partial charge in [-0.2, -0.15) is 21.0 Å². The molecule has 0 N–H and O–H groups in total. The van der Waals surface area contributed by atoms with Crippen molar-refractivity contribution in [2.45, 2.75) is 25.2 Å². The SMILES string of the molecule is c1cc(-c2nnc3sc(C4CCC4)nn23)cs1. The summed E-state index contributed by atoms with van der Waals surface area (Å²) >= 11 is 3.35. The zero-order valence-corrected chi connectivity index (χ0v) is 10.7. The molecular weight excluding hydrogens is 252 g/mol. The molecule has 3 aromatic heterocycles. The molecular formula is C11H10N4S2. The third-order valence-corrected chi connectivity index (χ3v) is 4.98. The van der Waals surface area contributed by atoms with Gasteiger partial charge in [0.25, 0.3) is 0 Å². The molecule has 6 heteroatoms. The number of hydrogen-bond acceptors (Lipinski definition) is 5. The van der Waals surface area contributed by atoms with Crippen LogP contribution in [0.3, 0.4) is 0 Å². The van der Waals surface area contributed by atoms with Gasteiger partial charge < -0.3 is 0 Å². The van der Waals surface area contributed by atoms with Gasteiger partial charge in [0.2, 0.25) is 4.96 Å². The number of rotatable bonds is 2. The van der Waals surface area contributed by atoms with Gasteiger partial charge >= 0.3 is 0 Å². The van der Waals surface area contributed by atoms with E-state index in [1.54, 1.807) is 22.7 Å². The summed E-state index contributed by atoms with van der Waals surface area (Å²) in [5.74, 6) is 1.53. The van der Waals surface area contributed by atoms with Crippen LogP contribution in [0.15, 0.2) is 16.8 Å². The Morgan fingerprint density at radius 3 is 2.94 bits per heavy atom. The van der Waals surface area contributed by atoms with E-state index in [2.05, 4.69) is 32.1 Å². The van der Waals surface area contributed by atoms with Crippen molar-refractivity contribution < 1.29 is 0 Å². The minimum atomic E-state index is 0.664. The van der Waals surface area contributed by atoms with Crippen LogP contribution in [0.4, 0.5) is 0 Å². The summed E-state index contributed by atoms with van der Waals surface area (Å²) in [5, 5.41) is 18.4. The summed E-state index contributed by atoms with van der Waals surface area (Å²) < 4.78 is 1.89. The Morgan fingerprint density at radius 1 is 1.29 bits per heavy atom. The van der Waals surface area contributed by atoms with Crippen molar-refractivity contribution in [2.24, 2.45) is 0 Å². The predicted molar refractivity (Wildman–Crippen MR) is 68.6 cm³/mol. The monoisotopic (exact) mass is 262 g/mol. The van der Waals surface area contributed by atoms with Crippen LogP contribution < -0.4 is 0 Å². The summed E-state index contributed by atoms with van der Waals surface area (Å²) in [6.07, 6.45) is 3.89. The molecule has 4 nitrogen and oxygen atoms in total. The summed E-state index contributed by atoms with van der Waals surface area (Å²) in [7, 11) is 0. The number of aromatic nitrogens is 4. The molecule has 86 valence electrons. The van der Waals surface area contributed by atoms with Gasteiger partial charge in [0.05, 0.1) is 0 Å². The van der Waals surface area contributed by atoms with Crippen molar-refractivity contribution in [2.75, 3.05) is 0 Å². The normalized spacial score (nSPS) is 16.5. The second-order valence-corrected chi connectivity index (χ2v) is 6.07. The summed E-state index contributed by atoms with van der Waals surface area (Å²) in [6.45, 7) is 0. The highest BCUT2D eigenvalue weighted by Gasteiger charge is 2.24. The average Bonchev–Trinajstić information content (AvgIpc) is 2.86. The van der Waals surface area contributed by atoms with Crippen LogP contribution >= 0.6 is 22.7 Å². The maximum Gasteiger partial charge on any atom is 0.234 e. The molecule has 0 aliphatic heterocycles. The molecule has 1 fully saturated rings. The minimum Gasteiger partial charge on any atom is -0.183 e. The molecule has 1 aliphatic carbocycles. The van der Waals surface area contributed by atoms with Crippen LogP contribution in [-0.4, -0.2) is 19.8 Å². The molecule has 0 saturated heterocycles. The van der Waals surface area contributed by atoms with E-state index in [0.717, 1.165) is 16.3 Å². The molecule has 3 heterocycles. The Bertz CT molecular complexity index is 648. The van der Waals surface area contributed by atoms with Crippen LogP contribution in [-0.2, 0) is 0 Å². The van der Waals surface area contributed by atoms with E-state index in [1.165, 1.54) is 24.3 Å². The van der Waals surface area contributed by atoms with Crippen LogP contribution in [0.25, 0.3) is 16.3 Å². The molecule has 3 aromatic rings. The Morgan fingerprint density at radius 2 is 2.24 bits per heavy atom. The Labute approximate surface area is 106 Å². The molecule has 1 saturated carbocycles. The zero-order valence-electron chi connectivity index (χ0n) is 9.04. The molecule has 0 radical (unpaired) electrons. The topological polar surface area (TPSA) is 43.1 Å². The average molecular weight is 262 g/mol. The number of thiophene rings is 1. The van der Waals surface area contributed by atoms with E-state index in [4.69, 9.17) is 0 Å². The lowest BCUT2D eigenvalue weighted by Crippen LogP contribution is -2.08. The van der Waals surface area contributed by atoms with E-state index >= 15 is 0 Å². The van der Waals surface area contributed by atoms with E-state index in [-0.39, 0.29) is 0 Å². The summed E-state index contributed by atoms with van der Waals surface area (Å²) in [4.78, 5) is 0.910. The van der Waals surface area contributed by atoms with Gasteiger partial charge in [-0.15, -0.1) is 10.2 Å². The Hall–Kier alpha value is -1.27. The molecule has 0 amide bonds. The van der Waals surface area contributed by atoms with E-state index in [1.807, 2.05) is 4.52 Å². The maximum atomic E-state index is 4.67. The lowest BCUT2D eigenvalue weighted by atomic mass is 9.86. The second kappa shape index (κ2) is 3.61. The van der Waals surface area contributed by atoms with Crippen molar-refractivity contribution in [3.63, 3.8) is 0 Å². The highest BCUT2D eigenvalue weighted by molar-refractivity contribution is 7.16. The van der Waals surface area contributed by atoms with Gasteiger partial charge in [-0.25, -0.2) is 0 Å². The first-order valence-corrected chi connectivity index (χ1v) is 7.42. The predicted octanol–water partition coefficient (Wildman–Crippen LogP) is 3.18. The highest BCUT2D eigenvalue weighted by atomic mass is 32.1. The standard InChI is InChI=1S/C11H10N4S2/c1-2-7(3-1)10-14-15-9(8-4-5-16-6-8)12-13-11(15)17-10/h4-7H,1-3H2. The second-order valence-electron chi connectivity index (χ2n) is 4.30.